The highest BCUT2D eigenvalue weighted by atomic mass is 15.1. The molecule has 1 aliphatic rings. The van der Waals surface area contributed by atoms with Crippen molar-refractivity contribution in [1.29, 1.82) is 0 Å². The number of rotatable bonds is 5. The van der Waals surface area contributed by atoms with Crippen molar-refractivity contribution in [3.8, 4) is 0 Å². The highest BCUT2D eigenvalue weighted by Gasteiger charge is 2.19. The molecule has 1 aliphatic carbocycles. The molecule has 1 unspecified atom stereocenters. The lowest BCUT2D eigenvalue weighted by atomic mass is 10.0. The zero-order valence-electron chi connectivity index (χ0n) is 12.3. The Balaban J connectivity index is 1.72. The van der Waals surface area contributed by atoms with E-state index in [4.69, 9.17) is 0 Å². The second kappa shape index (κ2) is 6.27. The van der Waals surface area contributed by atoms with E-state index in [1.165, 1.54) is 31.2 Å². The monoisotopic (exact) mass is 272 g/mol. The predicted octanol–water partition coefficient (Wildman–Crippen LogP) is 2.76. The summed E-state index contributed by atoms with van der Waals surface area (Å²) >= 11 is 0. The minimum absolute atomic E-state index is 0.548. The summed E-state index contributed by atoms with van der Waals surface area (Å²) in [6, 6.07) is 0.548. The molecule has 0 spiro atoms. The van der Waals surface area contributed by atoms with E-state index in [0.29, 0.717) is 6.04 Å². The van der Waals surface area contributed by atoms with Crippen molar-refractivity contribution in [3.63, 3.8) is 0 Å². The third kappa shape index (κ3) is 2.96. The molecule has 1 N–H and O–H groups in total. The fourth-order valence-corrected chi connectivity index (χ4v) is 3.15. The van der Waals surface area contributed by atoms with Crippen LogP contribution in [0.15, 0.2) is 31.1 Å². The van der Waals surface area contributed by atoms with Crippen LogP contribution in [0.5, 0.6) is 0 Å². The van der Waals surface area contributed by atoms with Gasteiger partial charge in [0.25, 0.3) is 0 Å². The SMILES string of the molecule is CCNC1CCCCc2cn(CCn3ccnc3)cc21. The van der Waals surface area contributed by atoms with Crippen LogP contribution in [-0.4, -0.2) is 20.7 Å². The van der Waals surface area contributed by atoms with Crippen LogP contribution in [0.4, 0.5) is 0 Å². The number of nitrogens with zero attached hydrogens (tertiary/aromatic N) is 3. The zero-order valence-corrected chi connectivity index (χ0v) is 12.3. The number of hydrogen-bond acceptors (Lipinski definition) is 2. The van der Waals surface area contributed by atoms with E-state index in [2.05, 4.69) is 38.8 Å². The summed E-state index contributed by atoms with van der Waals surface area (Å²) in [7, 11) is 0. The van der Waals surface area contributed by atoms with Crippen molar-refractivity contribution in [1.82, 2.24) is 19.4 Å². The van der Waals surface area contributed by atoms with Gasteiger partial charge in [-0.25, -0.2) is 4.98 Å². The van der Waals surface area contributed by atoms with Crippen molar-refractivity contribution in [2.75, 3.05) is 6.54 Å². The number of hydrogen-bond donors (Lipinski definition) is 1. The van der Waals surface area contributed by atoms with Crippen LogP contribution in [0.1, 0.15) is 43.4 Å². The van der Waals surface area contributed by atoms with Crippen LogP contribution in [0.2, 0.25) is 0 Å². The molecule has 0 aromatic carbocycles. The topological polar surface area (TPSA) is 34.8 Å². The normalized spacial score (nSPS) is 18.8. The lowest BCUT2D eigenvalue weighted by molar-refractivity contribution is 0.499. The second-order valence-corrected chi connectivity index (χ2v) is 5.63. The summed E-state index contributed by atoms with van der Waals surface area (Å²) in [6.45, 7) is 5.24. The summed E-state index contributed by atoms with van der Waals surface area (Å²) in [6.07, 6.45) is 15.6. The third-order valence-electron chi connectivity index (χ3n) is 4.19. The summed E-state index contributed by atoms with van der Waals surface area (Å²) in [5.41, 5.74) is 3.06. The van der Waals surface area contributed by atoms with E-state index < -0.39 is 0 Å². The van der Waals surface area contributed by atoms with E-state index >= 15 is 0 Å². The van der Waals surface area contributed by atoms with Gasteiger partial charge in [-0.1, -0.05) is 13.3 Å². The average molecular weight is 272 g/mol. The Bertz CT molecular complexity index is 527. The number of imidazole rings is 1. The lowest BCUT2D eigenvalue weighted by Gasteiger charge is -2.15. The third-order valence-corrected chi connectivity index (χ3v) is 4.19. The van der Waals surface area contributed by atoms with Gasteiger partial charge in [-0.2, -0.15) is 0 Å². The van der Waals surface area contributed by atoms with Crippen molar-refractivity contribution >= 4 is 0 Å². The molecule has 0 amide bonds. The maximum atomic E-state index is 4.09. The fraction of sp³-hybridized carbons (Fsp3) is 0.562. The first-order valence-corrected chi connectivity index (χ1v) is 7.74. The summed E-state index contributed by atoms with van der Waals surface area (Å²) in [5, 5.41) is 3.64. The highest BCUT2D eigenvalue weighted by molar-refractivity contribution is 5.29. The van der Waals surface area contributed by atoms with Crippen LogP contribution < -0.4 is 5.32 Å². The number of aryl methyl sites for hydroxylation is 3. The molecule has 3 rings (SSSR count). The quantitative estimate of drug-likeness (QED) is 0.849. The van der Waals surface area contributed by atoms with Gasteiger partial charge in [0.1, 0.15) is 0 Å². The van der Waals surface area contributed by atoms with E-state index in [1.54, 1.807) is 5.56 Å². The molecule has 0 saturated carbocycles. The summed E-state index contributed by atoms with van der Waals surface area (Å²) in [4.78, 5) is 4.09. The molecule has 108 valence electrons. The Morgan fingerprint density at radius 1 is 1.25 bits per heavy atom. The van der Waals surface area contributed by atoms with Gasteiger partial charge in [0.15, 0.2) is 0 Å². The number of nitrogens with one attached hydrogen (secondary N) is 1. The molecule has 1 atom stereocenters. The standard InChI is InChI=1S/C16H24N4/c1-2-18-16-6-4-3-5-14-11-20(12-15(14)16)10-9-19-8-7-17-13-19/h7-8,11-13,16,18H,2-6,9-10H2,1H3. The molecule has 0 fully saturated rings. The zero-order chi connectivity index (χ0) is 13.8. The first-order valence-electron chi connectivity index (χ1n) is 7.74. The van der Waals surface area contributed by atoms with Crippen molar-refractivity contribution < 1.29 is 0 Å². The summed E-state index contributed by atoms with van der Waals surface area (Å²) in [5.74, 6) is 0. The van der Waals surface area contributed by atoms with Crippen LogP contribution >= 0.6 is 0 Å². The van der Waals surface area contributed by atoms with Gasteiger partial charge < -0.3 is 14.5 Å². The first-order chi connectivity index (χ1) is 9.86. The lowest BCUT2D eigenvalue weighted by Crippen LogP contribution is -2.20. The second-order valence-electron chi connectivity index (χ2n) is 5.63. The van der Waals surface area contributed by atoms with E-state index in [9.17, 15) is 0 Å². The van der Waals surface area contributed by atoms with Crippen molar-refractivity contribution in [3.05, 3.63) is 42.2 Å². The van der Waals surface area contributed by atoms with Gasteiger partial charge in [-0.3, -0.25) is 0 Å². The molecular weight excluding hydrogens is 248 g/mol. The largest absolute Gasteiger partial charge is 0.352 e. The van der Waals surface area contributed by atoms with Crippen LogP contribution in [0, 0.1) is 0 Å². The Hall–Kier alpha value is -1.55. The molecule has 0 saturated heterocycles. The Labute approximate surface area is 120 Å². The Kier molecular flexibility index (Phi) is 4.21. The number of fused-ring (bicyclic) bond motifs is 1. The maximum Gasteiger partial charge on any atom is 0.0946 e. The number of aromatic nitrogens is 3. The molecule has 4 nitrogen and oxygen atoms in total. The minimum Gasteiger partial charge on any atom is -0.352 e. The van der Waals surface area contributed by atoms with Gasteiger partial charge in [0.05, 0.1) is 6.33 Å². The van der Waals surface area contributed by atoms with Gasteiger partial charge in [-0.05, 0) is 36.9 Å². The highest BCUT2D eigenvalue weighted by Crippen LogP contribution is 2.29. The van der Waals surface area contributed by atoms with Gasteiger partial charge >= 0.3 is 0 Å². The Morgan fingerprint density at radius 2 is 2.15 bits per heavy atom. The van der Waals surface area contributed by atoms with E-state index in [-0.39, 0.29) is 0 Å². The van der Waals surface area contributed by atoms with Crippen LogP contribution in [0.25, 0.3) is 0 Å². The molecule has 0 aliphatic heterocycles. The van der Waals surface area contributed by atoms with Crippen LogP contribution in [-0.2, 0) is 19.5 Å². The predicted molar refractivity (Wildman–Crippen MR) is 80.6 cm³/mol. The summed E-state index contributed by atoms with van der Waals surface area (Å²) < 4.78 is 4.48. The van der Waals surface area contributed by atoms with Crippen molar-refractivity contribution in [2.24, 2.45) is 0 Å². The molecule has 20 heavy (non-hydrogen) atoms. The van der Waals surface area contributed by atoms with Crippen LogP contribution in [0.3, 0.4) is 0 Å². The maximum absolute atomic E-state index is 4.09. The molecule has 4 heteroatoms. The van der Waals surface area contributed by atoms with Gasteiger partial charge in [0, 0.05) is 43.9 Å². The fourth-order valence-electron chi connectivity index (χ4n) is 3.15. The Morgan fingerprint density at radius 3 is 2.95 bits per heavy atom. The molecule has 2 aromatic heterocycles. The van der Waals surface area contributed by atoms with Crippen molar-refractivity contribution in [2.45, 2.75) is 51.7 Å². The molecule has 2 heterocycles. The minimum atomic E-state index is 0.548. The smallest absolute Gasteiger partial charge is 0.0946 e. The molecule has 0 bridgehead atoms. The first kappa shape index (κ1) is 13.4. The van der Waals surface area contributed by atoms with Gasteiger partial charge in [-0.15, -0.1) is 0 Å². The van der Waals surface area contributed by atoms with Gasteiger partial charge in [0.2, 0.25) is 0 Å². The van der Waals surface area contributed by atoms with E-state index in [0.717, 1.165) is 19.6 Å². The average Bonchev–Trinajstić information content (AvgIpc) is 3.06. The molecular formula is C16H24N4. The molecule has 0 radical (unpaired) electrons. The van der Waals surface area contributed by atoms with E-state index in [1.807, 2.05) is 18.7 Å². The molecule has 2 aromatic rings.